The molecular weight excluding hydrogens is 186 g/mol. The summed E-state index contributed by atoms with van der Waals surface area (Å²) < 4.78 is 0. The first-order valence-electron chi connectivity index (χ1n) is 5.11. The van der Waals surface area contributed by atoms with Gasteiger partial charge in [0.05, 0.1) is 5.56 Å². The van der Waals surface area contributed by atoms with Crippen molar-refractivity contribution in [3.8, 4) is 6.07 Å². The standard InChI is InChI=1S/C12H17N3/c1-12(2,3)15-7-6-11-5-4-10(8-13)9-14-11/h4-5,9,15H,6-7H2,1-3H3. The highest BCUT2D eigenvalue weighted by atomic mass is 14.9. The van der Waals surface area contributed by atoms with E-state index in [-0.39, 0.29) is 5.54 Å². The third kappa shape index (κ3) is 4.57. The minimum atomic E-state index is 0.145. The molecule has 0 amide bonds. The number of nitrogens with one attached hydrogen (secondary N) is 1. The summed E-state index contributed by atoms with van der Waals surface area (Å²) in [5.41, 5.74) is 1.78. The Balaban J connectivity index is 2.42. The van der Waals surface area contributed by atoms with Crippen molar-refractivity contribution in [1.29, 1.82) is 5.26 Å². The van der Waals surface area contributed by atoms with E-state index in [9.17, 15) is 0 Å². The highest BCUT2D eigenvalue weighted by Gasteiger charge is 2.07. The van der Waals surface area contributed by atoms with Gasteiger partial charge in [-0.25, -0.2) is 0 Å². The third-order valence-corrected chi connectivity index (χ3v) is 1.99. The highest BCUT2D eigenvalue weighted by Crippen LogP contribution is 2.01. The molecule has 0 unspecified atom stereocenters. The van der Waals surface area contributed by atoms with Gasteiger partial charge in [0, 0.05) is 30.4 Å². The molecule has 1 heterocycles. The fraction of sp³-hybridized carbons (Fsp3) is 0.500. The predicted octanol–water partition coefficient (Wildman–Crippen LogP) is 1.88. The van der Waals surface area contributed by atoms with Gasteiger partial charge in [-0.1, -0.05) is 0 Å². The lowest BCUT2D eigenvalue weighted by molar-refractivity contribution is 0.428. The third-order valence-electron chi connectivity index (χ3n) is 1.99. The Kier molecular flexibility index (Phi) is 3.81. The number of nitriles is 1. The lowest BCUT2D eigenvalue weighted by Crippen LogP contribution is -2.37. The normalized spacial score (nSPS) is 11.1. The molecule has 15 heavy (non-hydrogen) atoms. The molecular formula is C12H17N3. The maximum absolute atomic E-state index is 8.61. The number of nitrogens with zero attached hydrogens (tertiary/aromatic N) is 2. The maximum Gasteiger partial charge on any atom is 0.101 e. The largest absolute Gasteiger partial charge is 0.312 e. The van der Waals surface area contributed by atoms with Gasteiger partial charge in [-0.15, -0.1) is 0 Å². The molecule has 0 atom stereocenters. The quantitative estimate of drug-likeness (QED) is 0.816. The first-order chi connectivity index (χ1) is 7.01. The van der Waals surface area contributed by atoms with Crippen molar-refractivity contribution in [1.82, 2.24) is 10.3 Å². The van der Waals surface area contributed by atoms with Gasteiger partial charge in [0.2, 0.25) is 0 Å². The van der Waals surface area contributed by atoms with E-state index in [0.29, 0.717) is 5.56 Å². The van der Waals surface area contributed by atoms with Crippen LogP contribution in [0.4, 0.5) is 0 Å². The highest BCUT2D eigenvalue weighted by molar-refractivity contribution is 5.26. The van der Waals surface area contributed by atoms with Crippen LogP contribution in [0, 0.1) is 11.3 Å². The molecule has 3 nitrogen and oxygen atoms in total. The smallest absolute Gasteiger partial charge is 0.101 e. The fourth-order valence-electron chi connectivity index (χ4n) is 1.20. The zero-order valence-electron chi connectivity index (χ0n) is 9.54. The summed E-state index contributed by atoms with van der Waals surface area (Å²) in [5, 5.41) is 12.0. The van der Waals surface area contributed by atoms with Crippen molar-refractivity contribution >= 4 is 0 Å². The van der Waals surface area contributed by atoms with Crippen molar-refractivity contribution in [2.24, 2.45) is 0 Å². The lowest BCUT2D eigenvalue weighted by atomic mass is 10.1. The lowest BCUT2D eigenvalue weighted by Gasteiger charge is -2.20. The molecule has 1 rings (SSSR count). The van der Waals surface area contributed by atoms with E-state index < -0.39 is 0 Å². The molecule has 0 saturated heterocycles. The van der Waals surface area contributed by atoms with E-state index in [4.69, 9.17) is 5.26 Å². The summed E-state index contributed by atoms with van der Waals surface area (Å²) in [7, 11) is 0. The summed E-state index contributed by atoms with van der Waals surface area (Å²) >= 11 is 0. The van der Waals surface area contributed by atoms with E-state index in [1.807, 2.05) is 6.07 Å². The van der Waals surface area contributed by atoms with E-state index in [1.54, 1.807) is 12.3 Å². The average molecular weight is 203 g/mol. The van der Waals surface area contributed by atoms with E-state index >= 15 is 0 Å². The van der Waals surface area contributed by atoms with Crippen LogP contribution in [-0.4, -0.2) is 17.1 Å². The molecule has 0 spiro atoms. The van der Waals surface area contributed by atoms with Gasteiger partial charge in [0.1, 0.15) is 6.07 Å². The molecule has 80 valence electrons. The monoisotopic (exact) mass is 203 g/mol. The molecule has 1 N–H and O–H groups in total. The second-order valence-electron chi connectivity index (χ2n) is 4.58. The summed E-state index contributed by atoms with van der Waals surface area (Å²) in [6, 6.07) is 5.77. The van der Waals surface area contributed by atoms with Crippen molar-refractivity contribution in [2.75, 3.05) is 6.54 Å². The summed E-state index contributed by atoms with van der Waals surface area (Å²) in [5.74, 6) is 0. The zero-order valence-corrected chi connectivity index (χ0v) is 9.54. The summed E-state index contributed by atoms with van der Waals surface area (Å²) in [6.07, 6.45) is 2.51. The van der Waals surface area contributed by atoms with Crippen molar-refractivity contribution in [3.63, 3.8) is 0 Å². The van der Waals surface area contributed by atoms with Crippen LogP contribution in [0.25, 0.3) is 0 Å². The molecule has 0 aliphatic heterocycles. The van der Waals surface area contributed by atoms with Crippen molar-refractivity contribution in [2.45, 2.75) is 32.7 Å². The summed E-state index contributed by atoms with van der Waals surface area (Å²) in [4.78, 5) is 4.21. The molecule has 0 radical (unpaired) electrons. The number of rotatable bonds is 3. The molecule has 0 saturated carbocycles. The Morgan fingerprint density at radius 3 is 2.60 bits per heavy atom. The van der Waals surface area contributed by atoms with Gasteiger partial charge in [-0.05, 0) is 32.9 Å². The van der Waals surface area contributed by atoms with Gasteiger partial charge >= 0.3 is 0 Å². The second-order valence-corrected chi connectivity index (χ2v) is 4.58. The van der Waals surface area contributed by atoms with Crippen LogP contribution >= 0.6 is 0 Å². The van der Waals surface area contributed by atoms with Crippen LogP contribution in [0.15, 0.2) is 18.3 Å². The number of aromatic nitrogens is 1. The Hall–Kier alpha value is -1.40. The Labute approximate surface area is 91.1 Å². The second kappa shape index (κ2) is 4.90. The van der Waals surface area contributed by atoms with Crippen LogP contribution in [0.3, 0.4) is 0 Å². The van der Waals surface area contributed by atoms with Crippen LogP contribution < -0.4 is 5.32 Å². The van der Waals surface area contributed by atoms with E-state index in [2.05, 4.69) is 37.1 Å². The minimum absolute atomic E-state index is 0.145. The maximum atomic E-state index is 8.61. The molecule has 0 aliphatic rings. The first kappa shape index (κ1) is 11.7. The molecule has 3 heteroatoms. The molecule has 0 aliphatic carbocycles. The van der Waals surface area contributed by atoms with E-state index in [1.165, 1.54) is 0 Å². The van der Waals surface area contributed by atoms with Gasteiger partial charge in [-0.2, -0.15) is 5.26 Å². The Bertz CT molecular complexity index is 341. The molecule has 0 aromatic carbocycles. The SMILES string of the molecule is CC(C)(C)NCCc1ccc(C#N)cn1. The number of hydrogen-bond donors (Lipinski definition) is 1. The molecule has 0 fully saturated rings. The Morgan fingerprint density at radius 2 is 2.13 bits per heavy atom. The van der Waals surface area contributed by atoms with Crippen molar-refractivity contribution < 1.29 is 0 Å². The zero-order chi connectivity index (χ0) is 11.3. The average Bonchev–Trinajstić information content (AvgIpc) is 2.17. The van der Waals surface area contributed by atoms with Gasteiger partial charge in [-0.3, -0.25) is 4.98 Å². The Morgan fingerprint density at radius 1 is 1.40 bits per heavy atom. The molecule has 1 aromatic heterocycles. The molecule has 0 bridgehead atoms. The van der Waals surface area contributed by atoms with Crippen LogP contribution in [0.1, 0.15) is 32.0 Å². The van der Waals surface area contributed by atoms with E-state index in [0.717, 1.165) is 18.7 Å². The minimum Gasteiger partial charge on any atom is -0.312 e. The predicted molar refractivity (Wildman–Crippen MR) is 60.4 cm³/mol. The number of hydrogen-bond acceptors (Lipinski definition) is 3. The van der Waals surface area contributed by atoms with Crippen LogP contribution in [0.5, 0.6) is 0 Å². The first-order valence-corrected chi connectivity index (χ1v) is 5.11. The van der Waals surface area contributed by atoms with Gasteiger partial charge in [0.15, 0.2) is 0 Å². The van der Waals surface area contributed by atoms with Crippen LogP contribution in [-0.2, 0) is 6.42 Å². The molecule has 1 aromatic rings. The fourth-order valence-corrected chi connectivity index (χ4v) is 1.20. The number of pyridine rings is 1. The van der Waals surface area contributed by atoms with Crippen molar-refractivity contribution in [3.05, 3.63) is 29.6 Å². The van der Waals surface area contributed by atoms with Gasteiger partial charge < -0.3 is 5.32 Å². The topological polar surface area (TPSA) is 48.7 Å². The summed E-state index contributed by atoms with van der Waals surface area (Å²) in [6.45, 7) is 7.32. The van der Waals surface area contributed by atoms with Gasteiger partial charge in [0.25, 0.3) is 0 Å². The van der Waals surface area contributed by atoms with Crippen LogP contribution in [0.2, 0.25) is 0 Å².